The van der Waals surface area contributed by atoms with Gasteiger partial charge in [0.2, 0.25) is 11.2 Å². The van der Waals surface area contributed by atoms with Gasteiger partial charge < -0.3 is 13.9 Å². The Morgan fingerprint density at radius 3 is 2.38 bits per heavy atom. The Balaban J connectivity index is 1.73. The Morgan fingerprint density at radius 2 is 1.69 bits per heavy atom. The molecule has 0 bridgehead atoms. The van der Waals surface area contributed by atoms with Gasteiger partial charge in [0.1, 0.15) is 29.5 Å². The van der Waals surface area contributed by atoms with Crippen LogP contribution in [0, 0.1) is 5.82 Å². The highest BCUT2D eigenvalue weighted by Crippen LogP contribution is 2.39. The predicted octanol–water partition coefficient (Wildman–Crippen LogP) is 7.08. The van der Waals surface area contributed by atoms with Crippen molar-refractivity contribution in [1.29, 1.82) is 0 Å². The van der Waals surface area contributed by atoms with Gasteiger partial charge in [-0.3, -0.25) is 4.79 Å². The second-order valence-electron chi connectivity index (χ2n) is 6.69. The monoisotopic (exact) mass is 508 g/mol. The lowest BCUT2D eigenvalue weighted by Gasteiger charge is -2.14. The number of rotatable bonds is 5. The van der Waals surface area contributed by atoms with Crippen LogP contribution in [0.25, 0.3) is 11.0 Å². The molecular weight excluding hydrogens is 496 g/mol. The zero-order valence-corrected chi connectivity index (χ0v) is 17.7. The minimum Gasteiger partial charge on any atom is -0.489 e. The fourth-order valence-electron chi connectivity index (χ4n) is 2.91. The summed E-state index contributed by atoms with van der Waals surface area (Å²) in [7, 11) is 0. The lowest BCUT2D eigenvalue weighted by molar-refractivity contribution is -0.154. The van der Waals surface area contributed by atoms with E-state index in [4.69, 9.17) is 13.9 Å². The van der Waals surface area contributed by atoms with E-state index in [1.807, 2.05) is 0 Å². The molecule has 0 spiro atoms. The van der Waals surface area contributed by atoms with Crippen LogP contribution >= 0.6 is 15.9 Å². The van der Waals surface area contributed by atoms with Crippen molar-refractivity contribution in [3.8, 4) is 17.2 Å². The minimum absolute atomic E-state index is 0.0314. The fraction of sp³-hybridized carbons (Fsp3) is 0.0870. The van der Waals surface area contributed by atoms with Crippen molar-refractivity contribution >= 4 is 26.9 Å². The first-order valence-electron chi connectivity index (χ1n) is 9.20. The summed E-state index contributed by atoms with van der Waals surface area (Å²) in [4.78, 5) is 12.9. The molecule has 9 heteroatoms. The smallest absolute Gasteiger partial charge is 0.453 e. The first-order chi connectivity index (χ1) is 15.2. The SMILES string of the molecule is O=c1c(Oc2ccccc2Br)c(C(F)(F)F)oc2cc(OCc3ccc(F)cc3)ccc12. The average molecular weight is 509 g/mol. The van der Waals surface area contributed by atoms with Crippen molar-refractivity contribution in [3.05, 3.63) is 98.6 Å². The third kappa shape index (κ3) is 4.62. The molecule has 164 valence electrons. The average Bonchev–Trinajstić information content (AvgIpc) is 2.75. The highest BCUT2D eigenvalue weighted by atomic mass is 79.9. The van der Waals surface area contributed by atoms with Crippen LogP contribution in [0.15, 0.2) is 80.4 Å². The molecule has 0 unspecified atom stereocenters. The number of para-hydroxylation sites is 1. The number of alkyl halides is 3. The second kappa shape index (κ2) is 8.66. The lowest BCUT2D eigenvalue weighted by atomic mass is 10.2. The molecular formula is C23H13BrF4O4. The Labute approximate surface area is 187 Å². The van der Waals surface area contributed by atoms with Crippen molar-refractivity contribution in [1.82, 2.24) is 0 Å². The van der Waals surface area contributed by atoms with E-state index in [2.05, 4.69) is 15.9 Å². The normalized spacial score (nSPS) is 11.5. The number of benzene rings is 3. The van der Waals surface area contributed by atoms with Crippen LogP contribution in [0.4, 0.5) is 17.6 Å². The molecule has 0 saturated carbocycles. The van der Waals surface area contributed by atoms with Gasteiger partial charge in [-0.2, -0.15) is 13.2 Å². The van der Waals surface area contributed by atoms with Gasteiger partial charge >= 0.3 is 6.18 Å². The quantitative estimate of drug-likeness (QED) is 0.270. The number of hydrogen-bond donors (Lipinski definition) is 0. The number of halogens is 5. The number of fused-ring (bicyclic) bond motifs is 1. The van der Waals surface area contributed by atoms with Crippen LogP contribution in [0.5, 0.6) is 17.2 Å². The molecule has 0 aliphatic rings. The summed E-state index contributed by atoms with van der Waals surface area (Å²) in [5.74, 6) is -2.71. The summed E-state index contributed by atoms with van der Waals surface area (Å²) in [5, 5.41) is -0.103. The summed E-state index contributed by atoms with van der Waals surface area (Å²) >= 11 is 3.18. The molecule has 0 aliphatic carbocycles. The largest absolute Gasteiger partial charge is 0.489 e. The topological polar surface area (TPSA) is 48.7 Å². The molecule has 4 rings (SSSR count). The third-order valence-electron chi connectivity index (χ3n) is 4.45. The first kappa shape index (κ1) is 21.9. The summed E-state index contributed by atoms with van der Waals surface area (Å²) in [6.07, 6.45) is -4.98. The summed E-state index contributed by atoms with van der Waals surface area (Å²) in [5.41, 5.74) is -0.626. The Kier molecular flexibility index (Phi) is 5.92. The minimum atomic E-state index is -4.98. The Bertz CT molecular complexity index is 1330. The van der Waals surface area contributed by atoms with Crippen molar-refractivity contribution in [2.24, 2.45) is 0 Å². The van der Waals surface area contributed by atoms with Crippen molar-refractivity contribution < 1.29 is 31.5 Å². The molecule has 0 saturated heterocycles. The molecule has 4 nitrogen and oxygen atoms in total. The van der Waals surface area contributed by atoms with Gasteiger partial charge in [0, 0.05) is 6.07 Å². The molecule has 0 N–H and O–H groups in total. The maximum atomic E-state index is 13.7. The van der Waals surface area contributed by atoms with Gasteiger partial charge in [-0.05, 0) is 57.9 Å². The fourth-order valence-corrected chi connectivity index (χ4v) is 3.28. The molecule has 0 radical (unpaired) electrons. The van der Waals surface area contributed by atoms with Crippen molar-refractivity contribution in [2.75, 3.05) is 0 Å². The van der Waals surface area contributed by atoms with E-state index in [1.54, 1.807) is 18.2 Å². The van der Waals surface area contributed by atoms with Gasteiger partial charge in [0.25, 0.3) is 5.76 Å². The van der Waals surface area contributed by atoms with E-state index < -0.39 is 28.9 Å². The lowest BCUT2D eigenvalue weighted by Crippen LogP contribution is -2.15. The van der Waals surface area contributed by atoms with E-state index in [-0.39, 0.29) is 29.1 Å². The van der Waals surface area contributed by atoms with E-state index in [9.17, 15) is 22.4 Å². The van der Waals surface area contributed by atoms with Crippen LogP contribution < -0.4 is 14.9 Å². The van der Waals surface area contributed by atoms with Crippen molar-refractivity contribution in [2.45, 2.75) is 12.8 Å². The van der Waals surface area contributed by atoms with E-state index in [0.29, 0.717) is 10.0 Å². The third-order valence-corrected chi connectivity index (χ3v) is 5.10. The molecule has 0 atom stereocenters. The number of ether oxygens (including phenoxy) is 2. The van der Waals surface area contributed by atoms with Gasteiger partial charge in [0.05, 0.1) is 9.86 Å². The van der Waals surface area contributed by atoms with Gasteiger partial charge in [-0.25, -0.2) is 4.39 Å². The molecule has 0 amide bonds. The summed E-state index contributed by atoms with van der Waals surface area (Å²) in [6, 6.07) is 15.7. The molecule has 1 aromatic heterocycles. The summed E-state index contributed by atoms with van der Waals surface area (Å²) < 4.78 is 70.3. The van der Waals surface area contributed by atoms with Crippen LogP contribution in [0.1, 0.15) is 11.3 Å². The van der Waals surface area contributed by atoms with Gasteiger partial charge in [0.15, 0.2) is 0 Å². The zero-order chi connectivity index (χ0) is 22.9. The highest BCUT2D eigenvalue weighted by Gasteiger charge is 2.40. The Hall–Kier alpha value is -3.33. The molecule has 1 heterocycles. The predicted molar refractivity (Wildman–Crippen MR) is 112 cm³/mol. The number of hydrogen-bond acceptors (Lipinski definition) is 4. The second-order valence-corrected chi connectivity index (χ2v) is 7.55. The maximum absolute atomic E-state index is 13.7. The van der Waals surface area contributed by atoms with E-state index in [1.165, 1.54) is 48.5 Å². The standard InChI is InChI=1S/C23H13BrF4O4/c24-17-3-1-2-4-18(17)31-21-20(29)16-10-9-15(11-19(16)32-22(21)23(26,27)28)30-12-13-5-7-14(25)8-6-13/h1-11H,12H2. The summed E-state index contributed by atoms with van der Waals surface area (Å²) in [6.45, 7) is 0.0470. The molecule has 4 aromatic rings. The van der Waals surface area contributed by atoms with Crippen LogP contribution in [-0.2, 0) is 12.8 Å². The molecule has 0 aliphatic heterocycles. The van der Waals surface area contributed by atoms with Crippen molar-refractivity contribution in [3.63, 3.8) is 0 Å². The zero-order valence-electron chi connectivity index (χ0n) is 16.1. The highest BCUT2D eigenvalue weighted by molar-refractivity contribution is 9.10. The maximum Gasteiger partial charge on any atom is 0.453 e. The van der Waals surface area contributed by atoms with Crippen LogP contribution in [0.2, 0.25) is 0 Å². The first-order valence-corrected chi connectivity index (χ1v) is 9.99. The van der Waals surface area contributed by atoms with Crippen LogP contribution in [-0.4, -0.2) is 0 Å². The van der Waals surface area contributed by atoms with Gasteiger partial charge in [-0.15, -0.1) is 0 Å². The van der Waals surface area contributed by atoms with E-state index in [0.717, 1.165) is 0 Å². The molecule has 0 fully saturated rings. The van der Waals surface area contributed by atoms with Gasteiger partial charge in [-0.1, -0.05) is 24.3 Å². The van der Waals surface area contributed by atoms with E-state index >= 15 is 0 Å². The van der Waals surface area contributed by atoms with Crippen LogP contribution in [0.3, 0.4) is 0 Å². The molecule has 3 aromatic carbocycles. The molecule has 32 heavy (non-hydrogen) atoms. The Morgan fingerprint density at radius 1 is 0.969 bits per heavy atom.